The van der Waals surface area contributed by atoms with E-state index in [0.29, 0.717) is 13.1 Å². The summed E-state index contributed by atoms with van der Waals surface area (Å²) in [6.07, 6.45) is 5.78. The van der Waals surface area contributed by atoms with E-state index in [1.54, 1.807) is 13.8 Å². The van der Waals surface area contributed by atoms with Crippen LogP contribution in [0.15, 0.2) is 0 Å². The van der Waals surface area contributed by atoms with Gasteiger partial charge in [-0.15, -0.1) is 0 Å². The van der Waals surface area contributed by atoms with Crippen LogP contribution in [0.25, 0.3) is 0 Å². The van der Waals surface area contributed by atoms with Crippen LogP contribution in [0.2, 0.25) is 0 Å². The summed E-state index contributed by atoms with van der Waals surface area (Å²) in [6.45, 7) is 4.25. The molecule has 0 atom stereocenters. The number of unbranched alkanes of at least 4 members (excludes halogenated alkanes) is 5. The minimum absolute atomic E-state index is 0.126. The van der Waals surface area contributed by atoms with Crippen molar-refractivity contribution < 1.29 is 16.8 Å². The van der Waals surface area contributed by atoms with Crippen LogP contribution in [0.3, 0.4) is 0 Å². The van der Waals surface area contributed by atoms with Crippen molar-refractivity contribution in [1.29, 1.82) is 0 Å². The van der Waals surface area contributed by atoms with E-state index in [1.807, 2.05) is 0 Å². The Labute approximate surface area is 123 Å². The van der Waals surface area contributed by atoms with E-state index in [4.69, 9.17) is 0 Å². The standard InChI is InChI=1S/C12H28N2O4S2/c1-3-19(15,16)13-11-9-7-5-6-8-10-12-14-20(17,18)4-2/h13-14H,3-12H2,1-2H3. The van der Waals surface area contributed by atoms with E-state index in [0.717, 1.165) is 38.5 Å². The van der Waals surface area contributed by atoms with Crippen molar-refractivity contribution in [3.63, 3.8) is 0 Å². The zero-order valence-electron chi connectivity index (χ0n) is 12.5. The number of hydrogen-bond donors (Lipinski definition) is 2. The van der Waals surface area contributed by atoms with Crippen molar-refractivity contribution in [3.8, 4) is 0 Å². The zero-order valence-corrected chi connectivity index (χ0v) is 14.2. The van der Waals surface area contributed by atoms with Crippen LogP contribution < -0.4 is 9.44 Å². The third-order valence-electron chi connectivity index (χ3n) is 3.01. The van der Waals surface area contributed by atoms with Gasteiger partial charge in [-0.3, -0.25) is 0 Å². The van der Waals surface area contributed by atoms with Gasteiger partial charge >= 0.3 is 0 Å². The average Bonchev–Trinajstić information content (AvgIpc) is 2.41. The van der Waals surface area contributed by atoms with Crippen LogP contribution in [-0.4, -0.2) is 41.4 Å². The first kappa shape index (κ1) is 19.8. The van der Waals surface area contributed by atoms with Crippen LogP contribution in [0, 0.1) is 0 Å². The molecule has 0 aromatic heterocycles. The Kier molecular flexibility index (Phi) is 10.4. The Balaban J connectivity index is 3.34. The molecule has 0 aliphatic rings. The Bertz CT molecular complexity index is 390. The molecule has 0 radical (unpaired) electrons. The molecule has 6 nitrogen and oxygen atoms in total. The molecule has 0 heterocycles. The molecule has 0 spiro atoms. The van der Waals surface area contributed by atoms with Gasteiger partial charge in [0, 0.05) is 13.1 Å². The van der Waals surface area contributed by atoms with Crippen LogP contribution >= 0.6 is 0 Å². The van der Waals surface area contributed by atoms with Crippen molar-refractivity contribution in [2.24, 2.45) is 0 Å². The molecular formula is C12H28N2O4S2. The first-order valence-electron chi connectivity index (χ1n) is 7.27. The SMILES string of the molecule is CCS(=O)(=O)NCCCCCCCCNS(=O)(=O)CC. The van der Waals surface area contributed by atoms with E-state index >= 15 is 0 Å². The molecule has 0 saturated heterocycles. The smallest absolute Gasteiger partial charge is 0.211 e. The molecule has 0 aliphatic heterocycles. The van der Waals surface area contributed by atoms with Crippen LogP contribution in [-0.2, 0) is 20.0 Å². The fourth-order valence-corrected chi connectivity index (χ4v) is 2.94. The molecule has 0 amide bonds. The predicted molar refractivity (Wildman–Crippen MR) is 82.6 cm³/mol. The fourth-order valence-electron chi connectivity index (χ4n) is 1.62. The molecule has 2 N–H and O–H groups in total. The van der Waals surface area contributed by atoms with Gasteiger partial charge in [0.25, 0.3) is 0 Å². The van der Waals surface area contributed by atoms with E-state index in [9.17, 15) is 16.8 Å². The Morgan fingerprint density at radius 1 is 0.600 bits per heavy atom. The van der Waals surface area contributed by atoms with Crippen LogP contribution in [0.4, 0.5) is 0 Å². The topological polar surface area (TPSA) is 92.3 Å². The van der Waals surface area contributed by atoms with Gasteiger partial charge < -0.3 is 0 Å². The van der Waals surface area contributed by atoms with Gasteiger partial charge in [0.15, 0.2) is 0 Å². The molecule has 0 bridgehead atoms. The lowest BCUT2D eigenvalue weighted by molar-refractivity contribution is 0.557. The van der Waals surface area contributed by atoms with Crippen LogP contribution in [0.1, 0.15) is 52.4 Å². The molecular weight excluding hydrogens is 300 g/mol. The van der Waals surface area contributed by atoms with Gasteiger partial charge in [0.2, 0.25) is 20.0 Å². The molecule has 0 saturated carbocycles. The maximum absolute atomic E-state index is 11.1. The second-order valence-corrected chi connectivity index (χ2v) is 8.91. The molecule has 20 heavy (non-hydrogen) atoms. The maximum Gasteiger partial charge on any atom is 0.211 e. The third-order valence-corrected chi connectivity index (χ3v) is 5.82. The average molecular weight is 329 g/mol. The molecule has 0 aliphatic carbocycles. The number of sulfonamides is 2. The number of rotatable bonds is 13. The lowest BCUT2D eigenvalue weighted by Gasteiger charge is -2.05. The summed E-state index contributed by atoms with van der Waals surface area (Å²) in [7, 11) is -6.11. The molecule has 0 aromatic rings. The fraction of sp³-hybridized carbons (Fsp3) is 1.00. The molecule has 0 rings (SSSR count). The van der Waals surface area contributed by atoms with Gasteiger partial charge in [-0.05, 0) is 26.7 Å². The predicted octanol–water partition coefficient (Wildman–Crippen LogP) is 1.21. The highest BCUT2D eigenvalue weighted by Gasteiger charge is 2.05. The van der Waals surface area contributed by atoms with Crippen molar-refractivity contribution >= 4 is 20.0 Å². The first-order chi connectivity index (χ1) is 9.33. The highest BCUT2D eigenvalue weighted by Crippen LogP contribution is 2.04. The first-order valence-corrected chi connectivity index (χ1v) is 10.6. The van der Waals surface area contributed by atoms with Crippen molar-refractivity contribution in [2.45, 2.75) is 52.4 Å². The van der Waals surface area contributed by atoms with Crippen molar-refractivity contribution in [3.05, 3.63) is 0 Å². The molecule has 0 fully saturated rings. The highest BCUT2D eigenvalue weighted by atomic mass is 32.2. The summed E-state index contributed by atoms with van der Waals surface area (Å²) in [4.78, 5) is 0. The van der Waals surface area contributed by atoms with E-state index in [2.05, 4.69) is 9.44 Å². The summed E-state index contributed by atoms with van der Waals surface area (Å²) in [5.41, 5.74) is 0. The monoisotopic (exact) mass is 328 g/mol. The van der Waals surface area contributed by atoms with Gasteiger partial charge in [0.1, 0.15) is 0 Å². The second-order valence-electron chi connectivity index (χ2n) is 4.72. The van der Waals surface area contributed by atoms with Crippen molar-refractivity contribution in [1.82, 2.24) is 9.44 Å². The van der Waals surface area contributed by atoms with Gasteiger partial charge in [-0.2, -0.15) is 0 Å². The maximum atomic E-state index is 11.1. The summed E-state index contributed by atoms with van der Waals surface area (Å²) in [6, 6.07) is 0. The quantitative estimate of drug-likeness (QED) is 0.497. The van der Waals surface area contributed by atoms with E-state index in [1.165, 1.54) is 0 Å². The van der Waals surface area contributed by atoms with Gasteiger partial charge in [0.05, 0.1) is 11.5 Å². The third kappa shape index (κ3) is 11.6. The molecule has 8 heteroatoms. The van der Waals surface area contributed by atoms with Crippen LogP contribution in [0.5, 0.6) is 0 Å². The number of nitrogens with one attached hydrogen (secondary N) is 2. The Hall–Kier alpha value is -0.180. The summed E-state index contributed by atoms with van der Waals surface area (Å²) < 4.78 is 49.7. The summed E-state index contributed by atoms with van der Waals surface area (Å²) >= 11 is 0. The van der Waals surface area contributed by atoms with Gasteiger partial charge in [-0.25, -0.2) is 26.3 Å². The Morgan fingerprint density at radius 2 is 0.900 bits per heavy atom. The highest BCUT2D eigenvalue weighted by molar-refractivity contribution is 7.89. The van der Waals surface area contributed by atoms with E-state index < -0.39 is 20.0 Å². The molecule has 0 unspecified atom stereocenters. The Morgan fingerprint density at radius 3 is 1.20 bits per heavy atom. The van der Waals surface area contributed by atoms with Crippen molar-refractivity contribution in [2.75, 3.05) is 24.6 Å². The normalized spacial score (nSPS) is 12.7. The minimum atomic E-state index is -3.06. The molecule has 0 aromatic carbocycles. The zero-order chi connectivity index (χ0) is 15.5. The largest absolute Gasteiger partial charge is 0.215 e. The minimum Gasteiger partial charge on any atom is -0.215 e. The van der Waals surface area contributed by atoms with E-state index in [-0.39, 0.29) is 11.5 Å². The van der Waals surface area contributed by atoms with Gasteiger partial charge in [-0.1, -0.05) is 25.7 Å². The number of hydrogen-bond acceptors (Lipinski definition) is 4. The lowest BCUT2D eigenvalue weighted by Crippen LogP contribution is -2.26. The summed E-state index contributed by atoms with van der Waals surface area (Å²) in [5, 5.41) is 0. The second kappa shape index (κ2) is 10.5. The summed E-state index contributed by atoms with van der Waals surface area (Å²) in [5.74, 6) is 0.251. The molecule has 122 valence electrons. The lowest BCUT2D eigenvalue weighted by atomic mass is 10.1.